The third-order valence-electron chi connectivity index (χ3n) is 5.12. The fourth-order valence-corrected chi connectivity index (χ4v) is 5.36. The van der Waals surface area contributed by atoms with Gasteiger partial charge in [0.1, 0.15) is 10.9 Å². The van der Waals surface area contributed by atoms with Crippen molar-refractivity contribution >= 4 is 38.9 Å². The molecule has 0 radical (unpaired) electrons. The smallest absolute Gasteiger partial charge is 0.295 e. The van der Waals surface area contributed by atoms with Crippen molar-refractivity contribution in [3.63, 3.8) is 0 Å². The van der Waals surface area contributed by atoms with Crippen molar-refractivity contribution < 1.29 is 23.1 Å². The number of sulfone groups is 1. The van der Waals surface area contributed by atoms with Crippen molar-refractivity contribution in [2.75, 3.05) is 4.90 Å². The molecule has 3 N–H and O–H groups in total. The van der Waals surface area contributed by atoms with Crippen LogP contribution < -0.4 is 10.6 Å². The van der Waals surface area contributed by atoms with Gasteiger partial charge in [-0.3, -0.25) is 14.5 Å². The first-order chi connectivity index (χ1) is 15.2. The maximum absolute atomic E-state index is 13.5. The SMILES string of the molecule is NC(=O)c1ccc(N2C(=O)C(O)=C(S(=O)(=O)c3ccccc3)[C@H]2c2ccc(Cl)cc2)cc1. The van der Waals surface area contributed by atoms with Crippen LogP contribution in [0.5, 0.6) is 0 Å². The first-order valence-corrected chi connectivity index (χ1v) is 11.3. The lowest BCUT2D eigenvalue weighted by atomic mass is 10.1. The average molecular weight is 469 g/mol. The monoisotopic (exact) mass is 468 g/mol. The van der Waals surface area contributed by atoms with Crippen LogP contribution in [0.4, 0.5) is 5.69 Å². The highest BCUT2D eigenvalue weighted by Crippen LogP contribution is 2.44. The molecule has 32 heavy (non-hydrogen) atoms. The minimum Gasteiger partial charge on any atom is -0.502 e. The molecular formula is C23H17ClN2O5S. The van der Waals surface area contributed by atoms with Crippen molar-refractivity contribution in [1.29, 1.82) is 0 Å². The zero-order valence-electron chi connectivity index (χ0n) is 16.5. The molecular weight excluding hydrogens is 452 g/mol. The number of carbonyl (C=O) groups excluding carboxylic acids is 2. The average Bonchev–Trinajstić information content (AvgIpc) is 3.06. The Balaban J connectivity index is 1.91. The lowest BCUT2D eigenvalue weighted by Gasteiger charge is -2.27. The van der Waals surface area contributed by atoms with Crippen molar-refractivity contribution in [2.45, 2.75) is 10.9 Å². The Kier molecular flexibility index (Phi) is 5.50. The van der Waals surface area contributed by atoms with E-state index in [-0.39, 0.29) is 16.1 Å². The third kappa shape index (κ3) is 3.63. The number of nitrogens with two attached hydrogens (primary N) is 1. The summed E-state index contributed by atoms with van der Waals surface area (Å²) in [7, 11) is -4.23. The van der Waals surface area contributed by atoms with Crippen LogP contribution in [0.2, 0.25) is 5.02 Å². The Morgan fingerprint density at radius 1 is 0.938 bits per heavy atom. The van der Waals surface area contributed by atoms with Crippen LogP contribution >= 0.6 is 11.6 Å². The molecule has 4 rings (SSSR count). The maximum atomic E-state index is 13.5. The lowest BCUT2D eigenvalue weighted by molar-refractivity contribution is -0.117. The van der Waals surface area contributed by atoms with Gasteiger partial charge in [0.05, 0.1) is 4.90 Å². The Bertz CT molecular complexity index is 1340. The van der Waals surface area contributed by atoms with Gasteiger partial charge >= 0.3 is 0 Å². The number of benzene rings is 3. The Morgan fingerprint density at radius 3 is 2.09 bits per heavy atom. The van der Waals surface area contributed by atoms with Crippen molar-refractivity contribution in [1.82, 2.24) is 0 Å². The first-order valence-electron chi connectivity index (χ1n) is 9.44. The third-order valence-corrected chi connectivity index (χ3v) is 7.26. The summed E-state index contributed by atoms with van der Waals surface area (Å²) < 4.78 is 27.0. The van der Waals surface area contributed by atoms with Crippen LogP contribution in [-0.4, -0.2) is 25.3 Å². The minimum absolute atomic E-state index is 0.0563. The summed E-state index contributed by atoms with van der Waals surface area (Å²) in [5.41, 5.74) is 6.22. The first kappa shape index (κ1) is 21.6. The van der Waals surface area contributed by atoms with Crippen LogP contribution in [0.3, 0.4) is 0 Å². The van der Waals surface area contributed by atoms with Gasteiger partial charge in [-0.1, -0.05) is 41.9 Å². The number of amides is 2. The van der Waals surface area contributed by atoms with Gasteiger partial charge in [0.2, 0.25) is 15.7 Å². The van der Waals surface area contributed by atoms with Crippen LogP contribution in [0.1, 0.15) is 22.0 Å². The number of hydrogen-bond acceptors (Lipinski definition) is 5. The highest BCUT2D eigenvalue weighted by Gasteiger charge is 2.47. The summed E-state index contributed by atoms with van der Waals surface area (Å²) in [6.07, 6.45) is 0. The molecule has 1 heterocycles. The lowest BCUT2D eigenvalue weighted by Crippen LogP contribution is -2.31. The summed E-state index contributed by atoms with van der Waals surface area (Å²) in [4.78, 5) is 25.2. The fraction of sp³-hybridized carbons (Fsp3) is 0.0435. The molecule has 2 amide bonds. The van der Waals surface area contributed by atoms with E-state index in [0.717, 1.165) is 0 Å². The highest BCUT2D eigenvalue weighted by molar-refractivity contribution is 7.95. The molecule has 0 saturated heterocycles. The van der Waals surface area contributed by atoms with E-state index in [1.807, 2.05) is 0 Å². The summed E-state index contributed by atoms with van der Waals surface area (Å²) in [6.45, 7) is 0. The number of aliphatic hydroxyl groups is 1. The number of nitrogens with zero attached hydrogens (tertiary/aromatic N) is 1. The van der Waals surface area contributed by atoms with E-state index in [4.69, 9.17) is 17.3 Å². The molecule has 1 aliphatic rings. The van der Waals surface area contributed by atoms with Crippen LogP contribution in [-0.2, 0) is 14.6 Å². The second kappa shape index (κ2) is 8.14. The topological polar surface area (TPSA) is 118 Å². The Hall–Kier alpha value is -3.62. The number of halogens is 1. The second-order valence-electron chi connectivity index (χ2n) is 7.07. The predicted molar refractivity (Wildman–Crippen MR) is 120 cm³/mol. The number of rotatable bonds is 5. The molecule has 162 valence electrons. The molecule has 0 spiro atoms. The van der Waals surface area contributed by atoms with E-state index in [2.05, 4.69) is 0 Å². The van der Waals surface area contributed by atoms with E-state index in [0.29, 0.717) is 10.6 Å². The normalized spacial score (nSPS) is 16.5. The summed E-state index contributed by atoms with van der Waals surface area (Å²) in [5, 5.41) is 11.2. The molecule has 0 fully saturated rings. The van der Waals surface area contributed by atoms with Gasteiger partial charge in [0.25, 0.3) is 5.91 Å². The van der Waals surface area contributed by atoms with Crippen molar-refractivity contribution in [3.05, 3.63) is 106 Å². The zero-order valence-corrected chi connectivity index (χ0v) is 18.0. The van der Waals surface area contributed by atoms with E-state index in [1.165, 1.54) is 41.3 Å². The van der Waals surface area contributed by atoms with Crippen LogP contribution in [0, 0.1) is 0 Å². The van der Waals surface area contributed by atoms with Gasteiger partial charge in [-0.25, -0.2) is 8.42 Å². The standard InChI is InChI=1S/C23H17ClN2O5S/c24-16-10-6-14(7-11-16)19-21(32(30,31)18-4-2-1-3-5-18)20(27)23(29)26(19)17-12-8-15(9-13-17)22(25)28/h1-13,19,27H,(H2,25,28)/t19-/m1/s1. The summed E-state index contributed by atoms with van der Waals surface area (Å²) >= 11 is 5.99. The number of hydrogen-bond donors (Lipinski definition) is 2. The quantitative estimate of drug-likeness (QED) is 0.591. The number of aliphatic hydroxyl groups excluding tert-OH is 1. The molecule has 1 aliphatic heterocycles. The Morgan fingerprint density at radius 2 is 1.53 bits per heavy atom. The number of anilines is 1. The van der Waals surface area contributed by atoms with Gasteiger partial charge in [0.15, 0.2) is 5.76 Å². The predicted octanol–water partition coefficient (Wildman–Crippen LogP) is 3.77. The fourth-order valence-electron chi connectivity index (χ4n) is 3.58. The van der Waals surface area contributed by atoms with Crippen LogP contribution in [0.15, 0.2) is 94.4 Å². The van der Waals surface area contributed by atoms with E-state index in [9.17, 15) is 23.1 Å². The maximum Gasteiger partial charge on any atom is 0.295 e. The van der Waals surface area contributed by atoms with Crippen molar-refractivity contribution in [2.24, 2.45) is 5.73 Å². The molecule has 1 atom stereocenters. The van der Waals surface area contributed by atoms with E-state index in [1.54, 1.807) is 42.5 Å². The summed E-state index contributed by atoms with van der Waals surface area (Å²) in [5.74, 6) is -2.40. The second-order valence-corrected chi connectivity index (χ2v) is 9.42. The zero-order chi connectivity index (χ0) is 23.0. The number of carbonyl (C=O) groups is 2. The summed E-state index contributed by atoms with van der Waals surface area (Å²) in [6, 6.07) is 18.5. The highest BCUT2D eigenvalue weighted by atomic mass is 35.5. The van der Waals surface area contributed by atoms with Crippen LogP contribution in [0.25, 0.3) is 0 Å². The molecule has 3 aromatic rings. The molecule has 0 aliphatic carbocycles. The number of primary amides is 1. The molecule has 0 aromatic heterocycles. The van der Waals surface area contributed by atoms with Gasteiger partial charge < -0.3 is 10.8 Å². The van der Waals surface area contributed by atoms with Gasteiger partial charge in [0, 0.05) is 16.3 Å². The van der Waals surface area contributed by atoms with Crippen molar-refractivity contribution in [3.8, 4) is 0 Å². The van der Waals surface area contributed by atoms with Gasteiger partial charge in [-0.05, 0) is 54.1 Å². The largest absolute Gasteiger partial charge is 0.502 e. The van der Waals surface area contributed by atoms with E-state index < -0.39 is 38.4 Å². The molecule has 0 saturated carbocycles. The molecule has 9 heteroatoms. The van der Waals surface area contributed by atoms with E-state index >= 15 is 0 Å². The minimum atomic E-state index is -4.23. The Labute approximate surface area is 189 Å². The molecule has 7 nitrogen and oxygen atoms in total. The van der Waals surface area contributed by atoms with Gasteiger partial charge in [-0.2, -0.15) is 0 Å². The molecule has 0 bridgehead atoms. The molecule has 0 unspecified atom stereocenters. The molecule has 3 aromatic carbocycles. The van der Waals surface area contributed by atoms with Gasteiger partial charge in [-0.15, -0.1) is 0 Å².